The highest BCUT2D eigenvalue weighted by molar-refractivity contribution is 14.1. The molecule has 0 aromatic heterocycles. The molecular weight excluding hydrogens is 499 g/mol. The molecule has 0 bridgehead atoms. The first-order valence-electron chi connectivity index (χ1n) is 7.64. The summed E-state index contributed by atoms with van der Waals surface area (Å²) in [5.41, 5.74) is 1.87. The molecule has 0 aliphatic carbocycles. The smallest absolute Gasteiger partial charge is 0.171 e. The Bertz CT molecular complexity index is 781. The van der Waals surface area contributed by atoms with Gasteiger partial charge in [-0.2, -0.15) is 0 Å². The van der Waals surface area contributed by atoms with Gasteiger partial charge in [0, 0.05) is 25.7 Å². The van der Waals surface area contributed by atoms with E-state index in [2.05, 4.69) is 81.2 Å². The minimum atomic E-state index is -0.240. The molecule has 3 nitrogen and oxygen atoms in total. The third kappa shape index (κ3) is 4.40. The third-order valence-electron chi connectivity index (χ3n) is 3.82. The van der Waals surface area contributed by atoms with Crippen molar-refractivity contribution >= 4 is 61.5 Å². The quantitative estimate of drug-likeness (QED) is 0.399. The maximum atomic E-state index is 6.09. The van der Waals surface area contributed by atoms with Gasteiger partial charge in [0.1, 0.15) is 11.4 Å². The van der Waals surface area contributed by atoms with Crippen LogP contribution in [-0.2, 0) is 0 Å². The Morgan fingerprint density at radius 1 is 1.29 bits per heavy atom. The summed E-state index contributed by atoms with van der Waals surface area (Å²) in [6.45, 7) is 4.20. The normalized spacial score (nSPS) is 18.2. The predicted octanol–water partition coefficient (Wildman–Crippen LogP) is 5.64. The van der Waals surface area contributed by atoms with Gasteiger partial charge in [-0.25, -0.2) is 0 Å². The average molecular weight is 517 g/mol. The minimum Gasteiger partial charge on any atom is -0.487 e. The number of hydrogen-bond acceptors (Lipinski definition) is 2. The van der Waals surface area contributed by atoms with Crippen LogP contribution in [0.3, 0.4) is 0 Å². The molecule has 2 N–H and O–H groups in total. The molecule has 126 valence electrons. The summed E-state index contributed by atoms with van der Waals surface area (Å²) in [5, 5.41) is 7.33. The lowest BCUT2D eigenvalue weighted by molar-refractivity contribution is 0.0696. The molecule has 2 aromatic carbocycles. The van der Waals surface area contributed by atoms with Gasteiger partial charge in [0.2, 0.25) is 0 Å². The highest BCUT2D eigenvalue weighted by Crippen LogP contribution is 2.40. The summed E-state index contributed by atoms with van der Waals surface area (Å²) in [6.07, 6.45) is 0.838. The van der Waals surface area contributed by atoms with Crippen LogP contribution in [0.4, 0.5) is 5.69 Å². The zero-order valence-corrected chi connectivity index (χ0v) is 18.0. The molecule has 24 heavy (non-hydrogen) atoms. The van der Waals surface area contributed by atoms with Crippen molar-refractivity contribution in [2.24, 2.45) is 0 Å². The Kier molecular flexibility index (Phi) is 5.36. The molecule has 1 aliphatic rings. The number of nitrogens with one attached hydrogen (secondary N) is 2. The van der Waals surface area contributed by atoms with E-state index in [4.69, 9.17) is 17.0 Å². The highest BCUT2D eigenvalue weighted by atomic mass is 127. The molecule has 0 amide bonds. The number of halogens is 2. The van der Waals surface area contributed by atoms with Gasteiger partial charge in [0.05, 0.1) is 6.04 Å². The topological polar surface area (TPSA) is 33.3 Å². The first-order chi connectivity index (χ1) is 11.3. The molecule has 1 heterocycles. The summed E-state index contributed by atoms with van der Waals surface area (Å²) in [4.78, 5) is 0. The van der Waals surface area contributed by atoms with Gasteiger partial charge in [0.25, 0.3) is 0 Å². The molecule has 0 saturated carbocycles. The number of fused-ring (bicyclic) bond motifs is 1. The van der Waals surface area contributed by atoms with Crippen LogP contribution in [0.5, 0.6) is 5.75 Å². The Hall–Kier alpha value is -0.860. The number of ether oxygens (including phenoxy) is 1. The number of thiocarbonyl (C=S) groups is 1. The monoisotopic (exact) mass is 516 g/mol. The van der Waals surface area contributed by atoms with Crippen LogP contribution in [0.2, 0.25) is 0 Å². The van der Waals surface area contributed by atoms with Crippen molar-refractivity contribution in [3.05, 3.63) is 56.1 Å². The first-order valence-corrected chi connectivity index (χ1v) is 9.92. The van der Waals surface area contributed by atoms with Crippen LogP contribution >= 0.6 is 50.7 Å². The second-order valence-electron chi connectivity index (χ2n) is 6.41. The fraction of sp³-hybridized carbons (Fsp3) is 0.278. The largest absolute Gasteiger partial charge is 0.487 e. The van der Waals surface area contributed by atoms with E-state index < -0.39 is 0 Å². The number of rotatable bonds is 2. The van der Waals surface area contributed by atoms with E-state index >= 15 is 0 Å². The van der Waals surface area contributed by atoms with Crippen molar-refractivity contribution in [1.82, 2.24) is 5.32 Å². The van der Waals surface area contributed by atoms with Crippen molar-refractivity contribution in [2.45, 2.75) is 31.9 Å². The van der Waals surface area contributed by atoms with Gasteiger partial charge in [-0.15, -0.1) is 0 Å². The maximum absolute atomic E-state index is 6.09. The van der Waals surface area contributed by atoms with Crippen LogP contribution in [-0.4, -0.2) is 10.7 Å². The molecule has 0 saturated heterocycles. The van der Waals surface area contributed by atoms with Gasteiger partial charge < -0.3 is 15.4 Å². The van der Waals surface area contributed by atoms with Gasteiger partial charge in [-0.3, -0.25) is 0 Å². The van der Waals surface area contributed by atoms with Crippen molar-refractivity contribution in [1.29, 1.82) is 0 Å². The van der Waals surface area contributed by atoms with E-state index in [1.165, 1.54) is 3.57 Å². The van der Waals surface area contributed by atoms with E-state index in [0.29, 0.717) is 5.11 Å². The van der Waals surface area contributed by atoms with Gasteiger partial charge in [-0.05, 0) is 85.1 Å². The van der Waals surface area contributed by atoms with Crippen LogP contribution in [0.1, 0.15) is 31.9 Å². The van der Waals surface area contributed by atoms with E-state index in [1.807, 2.05) is 24.3 Å². The lowest BCUT2D eigenvalue weighted by Gasteiger charge is -2.38. The van der Waals surface area contributed by atoms with Crippen LogP contribution in [0.15, 0.2) is 46.9 Å². The van der Waals surface area contributed by atoms with Gasteiger partial charge >= 0.3 is 0 Å². The lowest BCUT2D eigenvalue weighted by Crippen LogP contribution is -2.42. The summed E-state index contributed by atoms with van der Waals surface area (Å²) in [6, 6.07) is 14.3. The number of hydrogen-bond donors (Lipinski definition) is 2. The molecule has 0 radical (unpaired) electrons. The zero-order chi connectivity index (χ0) is 17.3. The van der Waals surface area contributed by atoms with E-state index in [0.717, 1.165) is 27.9 Å². The third-order valence-corrected chi connectivity index (χ3v) is 5.20. The molecule has 3 rings (SSSR count). The standard InChI is InChI=1S/C18H18BrIN2OS/c1-18(2)10-15(14-8-11(19)6-7-16(14)23-18)22-17(24)21-13-5-3-4-12(20)9-13/h3-9,15H,10H2,1-2H3,(H2,21,22,24)/t15-/m1/s1. The molecule has 6 heteroatoms. The molecule has 2 aromatic rings. The second kappa shape index (κ2) is 7.17. The summed E-state index contributed by atoms with van der Waals surface area (Å²) < 4.78 is 8.30. The lowest BCUT2D eigenvalue weighted by atomic mass is 9.90. The Balaban J connectivity index is 1.79. The Morgan fingerprint density at radius 2 is 2.08 bits per heavy atom. The van der Waals surface area contributed by atoms with E-state index in [9.17, 15) is 0 Å². The fourth-order valence-corrected chi connectivity index (χ4v) is 4.03. The molecule has 0 fully saturated rings. The summed E-state index contributed by atoms with van der Waals surface area (Å²) >= 11 is 11.4. The van der Waals surface area contributed by atoms with Gasteiger partial charge in [0.15, 0.2) is 5.11 Å². The molecule has 1 atom stereocenters. The number of benzene rings is 2. The highest BCUT2D eigenvalue weighted by Gasteiger charge is 2.34. The molecule has 0 spiro atoms. The fourth-order valence-electron chi connectivity index (χ4n) is 2.85. The van der Waals surface area contributed by atoms with Crippen LogP contribution in [0, 0.1) is 3.57 Å². The van der Waals surface area contributed by atoms with Crippen molar-refractivity contribution in [2.75, 3.05) is 5.32 Å². The van der Waals surface area contributed by atoms with Crippen molar-refractivity contribution < 1.29 is 4.74 Å². The SMILES string of the molecule is CC1(C)C[C@@H](NC(=S)Nc2cccc(I)c2)c2cc(Br)ccc2O1. The minimum absolute atomic E-state index is 0.101. The van der Waals surface area contributed by atoms with Crippen molar-refractivity contribution in [3.8, 4) is 5.75 Å². The zero-order valence-electron chi connectivity index (χ0n) is 13.4. The summed E-state index contributed by atoms with van der Waals surface area (Å²) in [5.74, 6) is 0.906. The van der Waals surface area contributed by atoms with Crippen LogP contribution < -0.4 is 15.4 Å². The molecule has 0 unspecified atom stereocenters. The Morgan fingerprint density at radius 3 is 2.83 bits per heavy atom. The van der Waals surface area contributed by atoms with Crippen molar-refractivity contribution in [3.63, 3.8) is 0 Å². The van der Waals surface area contributed by atoms with Crippen LogP contribution in [0.25, 0.3) is 0 Å². The summed E-state index contributed by atoms with van der Waals surface area (Å²) in [7, 11) is 0. The maximum Gasteiger partial charge on any atom is 0.171 e. The van der Waals surface area contributed by atoms with E-state index in [1.54, 1.807) is 0 Å². The first kappa shape index (κ1) is 17.9. The second-order valence-corrected chi connectivity index (χ2v) is 8.98. The Labute approximate surface area is 169 Å². The van der Waals surface area contributed by atoms with E-state index in [-0.39, 0.29) is 11.6 Å². The van der Waals surface area contributed by atoms with Gasteiger partial charge in [-0.1, -0.05) is 22.0 Å². The number of anilines is 1. The molecular formula is C18H18BrIN2OS. The molecule has 1 aliphatic heterocycles. The average Bonchev–Trinajstić information content (AvgIpc) is 2.47. The predicted molar refractivity (Wildman–Crippen MR) is 115 cm³/mol.